The van der Waals surface area contributed by atoms with Crippen molar-refractivity contribution in [3.8, 4) is 0 Å². The van der Waals surface area contributed by atoms with E-state index in [2.05, 4.69) is 10.6 Å². The molecule has 2 atom stereocenters. The van der Waals surface area contributed by atoms with Gasteiger partial charge in [-0.25, -0.2) is 0 Å². The third-order valence-electron chi connectivity index (χ3n) is 3.50. The van der Waals surface area contributed by atoms with Gasteiger partial charge in [0.15, 0.2) is 0 Å². The summed E-state index contributed by atoms with van der Waals surface area (Å²) in [5, 5.41) is 5.88. The van der Waals surface area contributed by atoms with Crippen molar-refractivity contribution in [2.45, 2.75) is 24.7 Å². The summed E-state index contributed by atoms with van der Waals surface area (Å²) in [5.74, 6) is -0.518. The predicted molar refractivity (Wildman–Crippen MR) is 71.0 cm³/mol. The summed E-state index contributed by atoms with van der Waals surface area (Å²) in [5.41, 5.74) is -0.832. The van der Waals surface area contributed by atoms with Gasteiger partial charge >= 0.3 is 6.18 Å². The Labute approximate surface area is 120 Å². The number of carbonyl (C=O) groups is 1. The fraction of sp³-hybridized carbons (Fsp3) is 0.500. The maximum Gasteiger partial charge on any atom is 0.416 e. The molecule has 0 aliphatic carbocycles. The number of rotatable bonds is 3. The number of methoxy groups -OCH3 is 1. The Hall–Kier alpha value is -1.60. The molecule has 0 aromatic heterocycles. The molecule has 0 spiro atoms. The topological polar surface area (TPSA) is 50.4 Å². The van der Waals surface area contributed by atoms with Crippen LogP contribution in [0.25, 0.3) is 0 Å². The average molecular weight is 302 g/mol. The van der Waals surface area contributed by atoms with Crippen LogP contribution in [-0.4, -0.2) is 38.3 Å². The number of amides is 1. The van der Waals surface area contributed by atoms with E-state index in [0.29, 0.717) is 13.0 Å². The Morgan fingerprint density at radius 3 is 2.86 bits per heavy atom. The monoisotopic (exact) mass is 302 g/mol. The summed E-state index contributed by atoms with van der Waals surface area (Å²) < 4.78 is 43.2. The lowest BCUT2D eigenvalue weighted by Gasteiger charge is -2.31. The number of benzene rings is 1. The third-order valence-corrected chi connectivity index (χ3v) is 3.50. The van der Waals surface area contributed by atoms with Crippen molar-refractivity contribution < 1.29 is 22.7 Å². The first-order valence-corrected chi connectivity index (χ1v) is 6.63. The van der Waals surface area contributed by atoms with E-state index in [-0.39, 0.29) is 17.7 Å². The van der Waals surface area contributed by atoms with Crippen LogP contribution in [0.4, 0.5) is 13.2 Å². The van der Waals surface area contributed by atoms with Crippen LogP contribution in [0.1, 0.15) is 22.3 Å². The number of ether oxygens (including phenoxy) is 1. The zero-order chi connectivity index (χ0) is 15.5. The summed E-state index contributed by atoms with van der Waals surface area (Å²) >= 11 is 0. The van der Waals surface area contributed by atoms with Gasteiger partial charge in [-0.3, -0.25) is 4.79 Å². The third kappa shape index (κ3) is 3.95. The number of nitrogens with one attached hydrogen (secondary N) is 2. The highest BCUT2D eigenvalue weighted by molar-refractivity contribution is 5.94. The number of hydrogen-bond donors (Lipinski definition) is 2. The van der Waals surface area contributed by atoms with Crippen molar-refractivity contribution in [1.82, 2.24) is 10.6 Å². The van der Waals surface area contributed by atoms with Crippen LogP contribution in [0.5, 0.6) is 0 Å². The number of carbonyl (C=O) groups excluding carboxylic acids is 1. The molecular weight excluding hydrogens is 285 g/mol. The fourth-order valence-electron chi connectivity index (χ4n) is 2.33. The Bertz CT molecular complexity index is 505. The van der Waals surface area contributed by atoms with Gasteiger partial charge in [-0.2, -0.15) is 13.2 Å². The molecule has 4 nitrogen and oxygen atoms in total. The van der Waals surface area contributed by atoms with E-state index < -0.39 is 17.6 Å². The van der Waals surface area contributed by atoms with Crippen LogP contribution in [0.3, 0.4) is 0 Å². The molecular formula is C14H17F3N2O2. The first-order chi connectivity index (χ1) is 9.91. The zero-order valence-corrected chi connectivity index (χ0v) is 11.5. The Morgan fingerprint density at radius 2 is 2.19 bits per heavy atom. The molecule has 1 aliphatic rings. The molecule has 1 aliphatic heterocycles. The van der Waals surface area contributed by atoms with Gasteiger partial charge < -0.3 is 15.4 Å². The van der Waals surface area contributed by atoms with Gasteiger partial charge in [0.1, 0.15) is 0 Å². The van der Waals surface area contributed by atoms with Gasteiger partial charge in [-0.15, -0.1) is 0 Å². The molecule has 116 valence electrons. The highest BCUT2D eigenvalue weighted by Crippen LogP contribution is 2.29. The van der Waals surface area contributed by atoms with Gasteiger partial charge in [-0.05, 0) is 31.2 Å². The van der Waals surface area contributed by atoms with Crippen LogP contribution in [0.15, 0.2) is 24.3 Å². The van der Waals surface area contributed by atoms with Crippen molar-refractivity contribution in [3.63, 3.8) is 0 Å². The van der Waals surface area contributed by atoms with Crippen LogP contribution in [-0.2, 0) is 10.9 Å². The predicted octanol–water partition coefficient (Wildman–Crippen LogP) is 1.81. The lowest BCUT2D eigenvalue weighted by atomic mass is 10.0. The molecule has 0 radical (unpaired) electrons. The van der Waals surface area contributed by atoms with E-state index in [0.717, 1.165) is 18.7 Å². The van der Waals surface area contributed by atoms with Crippen LogP contribution in [0, 0.1) is 0 Å². The number of alkyl halides is 3. The molecule has 2 unspecified atom stereocenters. The molecule has 0 bridgehead atoms. The second-order valence-electron chi connectivity index (χ2n) is 4.93. The van der Waals surface area contributed by atoms with E-state index >= 15 is 0 Å². The molecule has 1 fully saturated rings. The van der Waals surface area contributed by atoms with Gasteiger partial charge in [-0.1, -0.05) is 6.07 Å². The van der Waals surface area contributed by atoms with E-state index in [9.17, 15) is 18.0 Å². The Kier molecular flexibility index (Phi) is 4.84. The summed E-state index contributed by atoms with van der Waals surface area (Å²) in [6.07, 6.45) is -3.97. The number of piperidine rings is 1. The quantitative estimate of drug-likeness (QED) is 0.895. The largest absolute Gasteiger partial charge is 0.416 e. The molecule has 1 aromatic carbocycles. The summed E-state index contributed by atoms with van der Waals surface area (Å²) in [4.78, 5) is 12.1. The molecule has 0 saturated carbocycles. The Morgan fingerprint density at radius 1 is 1.43 bits per heavy atom. The first kappa shape index (κ1) is 15.8. The summed E-state index contributed by atoms with van der Waals surface area (Å²) in [7, 11) is 1.54. The van der Waals surface area contributed by atoms with Crippen molar-refractivity contribution in [2.75, 3.05) is 20.2 Å². The van der Waals surface area contributed by atoms with Crippen molar-refractivity contribution in [1.29, 1.82) is 0 Å². The summed E-state index contributed by atoms with van der Waals surface area (Å²) in [6.45, 7) is 1.33. The van der Waals surface area contributed by atoms with E-state index in [4.69, 9.17) is 4.74 Å². The normalized spacial score (nSPS) is 22.9. The SMILES string of the molecule is COC1CNCCC1NC(=O)c1cccc(C(F)(F)F)c1. The smallest absolute Gasteiger partial charge is 0.378 e. The molecule has 2 N–H and O–H groups in total. The standard InChI is InChI=1S/C14H17F3N2O2/c1-21-12-8-18-6-5-11(12)19-13(20)9-3-2-4-10(7-9)14(15,16)17/h2-4,7,11-12,18H,5-6,8H2,1H3,(H,19,20). The van der Waals surface area contributed by atoms with Gasteiger partial charge in [0.2, 0.25) is 0 Å². The van der Waals surface area contributed by atoms with Crippen LogP contribution < -0.4 is 10.6 Å². The van der Waals surface area contributed by atoms with Gasteiger partial charge in [0, 0.05) is 19.2 Å². The molecule has 2 rings (SSSR count). The zero-order valence-electron chi connectivity index (χ0n) is 11.5. The first-order valence-electron chi connectivity index (χ1n) is 6.63. The fourth-order valence-corrected chi connectivity index (χ4v) is 2.33. The highest BCUT2D eigenvalue weighted by atomic mass is 19.4. The summed E-state index contributed by atoms with van der Waals surface area (Å²) in [6, 6.07) is 4.19. The molecule has 7 heteroatoms. The maximum absolute atomic E-state index is 12.6. The second kappa shape index (κ2) is 6.44. The maximum atomic E-state index is 12.6. The molecule has 21 heavy (non-hydrogen) atoms. The van der Waals surface area contributed by atoms with Gasteiger partial charge in [0.25, 0.3) is 5.91 Å². The lowest BCUT2D eigenvalue weighted by Crippen LogP contribution is -2.53. The molecule has 1 aromatic rings. The number of hydrogen-bond acceptors (Lipinski definition) is 3. The van der Waals surface area contributed by atoms with Crippen molar-refractivity contribution in [3.05, 3.63) is 35.4 Å². The van der Waals surface area contributed by atoms with E-state index in [1.807, 2.05) is 0 Å². The van der Waals surface area contributed by atoms with E-state index in [1.165, 1.54) is 12.1 Å². The molecule has 1 saturated heterocycles. The number of halogens is 3. The Balaban J connectivity index is 2.09. The van der Waals surface area contributed by atoms with E-state index in [1.54, 1.807) is 7.11 Å². The minimum Gasteiger partial charge on any atom is -0.378 e. The minimum atomic E-state index is -4.46. The molecule has 1 heterocycles. The lowest BCUT2D eigenvalue weighted by molar-refractivity contribution is -0.137. The van der Waals surface area contributed by atoms with Crippen LogP contribution >= 0.6 is 0 Å². The average Bonchev–Trinajstić information content (AvgIpc) is 2.47. The molecule has 1 amide bonds. The van der Waals surface area contributed by atoms with Crippen molar-refractivity contribution in [2.24, 2.45) is 0 Å². The minimum absolute atomic E-state index is 0.00166. The van der Waals surface area contributed by atoms with Gasteiger partial charge in [0.05, 0.1) is 17.7 Å². The highest BCUT2D eigenvalue weighted by Gasteiger charge is 2.31. The van der Waals surface area contributed by atoms with Crippen molar-refractivity contribution >= 4 is 5.91 Å². The van der Waals surface area contributed by atoms with Crippen LogP contribution in [0.2, 0.25) is 0 Å². The second-order valence-corrected chi connectivity index (χ2v) is 4.93.